The third kappa shape index (κ3) is 10.2. The van der Waals surface area contributed by atoms with Crippen LogP contribution in [-0.4, -0.2) is 76.4 Å². The standard InChI is InChI=1S/C17H34N4O3.HI/c1-5-14(2)20-16(22)6-8-19-17(18-3)21-9-7-15(12-21)13-24-11-10-23-4;/h14-15H,5-13H2,1-4H3,(H,18,19)(H,20,22);1H. The van der Waals surface area contributed by atoms with Crippen molar-refractivity contribution in [2.45, 2.75) is 39.2 Å². The molecule has 7 nitrogen and oxygen atoms in total. The highest BCUT2D eigenvalue weighted by Gasteiger charge is 2.24. The first-order valence-corrected chi connectivity index (χ1v) is 8.92. The van der Waals surface area contributed by atoms with Gasteiger partial charge in [-0.25, -0.2) is 0 Å². The molecule has 0 radical (unpaired) electrons. The van der Waals surface area contributed by atoms with Crippen LogP contribution < -0.4 is 10.6 Å². The van der Waals surface area contributed by atoms with E-state index in [0.29, 0.717) is 32.1 Å². The Morgan fingerprint density at radius 3 is 2.80 bits per heavy atom. The number of halogens is 1. The van der Waals surface area contributed by atoms with Gasteiger partial charge in [-0.05, 0) is 19.8 Å². The maximum atomic E-state index is 11.8. The molecular weight excluding hydrogens is 435 g/mol. The third-order valence-corrected chi connectivity index (χ3v) is 4.24. The fourth-order valence-electron chi connectivity index (χ4n) is 2.62. The number of rotatable bonds is 10. The van der Waals surface area contributed by atoms with Crippen molar-refractivity contribution in [2.24, 2.45) is 10.9 Å². The number of nitrogens with zero attached hydrogens (tertiary/aromatic N) is 2. The predicted octanol–water partition coefficient (Wildman–Crippen LogP) is 1.47. The maximum Gasteiger partial charge on any atom is 0.221 e. The Hall–Kier alpha value is -0.610. The van der Waals surface area contributed by atoms with Crippen LogP contribution in [0.4, 0.5) is 0 Å². The zero-order valence-electron chi connectivity index (χ0n) is 16.0. The Labute approximate surface area is 169 Å². The van der Waals surface area contributed by atoms with Crippen LogP contribution in [0.2, 0.25) is 0 Å². The van der Waals surface area contributed by atoms with E-state index < -0.39 is 0 Å². The third-order valence-electron chi connectivity index (χ3n) is 4.24. The molecule has 0 aromatic heterocycles. The molecule has 1 saturated heterocycles. The zero-order valence-corrected chi connectivity index (χ0v) is 18.4. The number of nitrogens with one attached hydrogen (secondary N) is 2. The Morgan fingerprint density at radius 2 is 2.16 bits per heavy atom. The number of hydrogen-bond acceptors (Lipinski definition) is 4. The van der Waals surface area contributed by atoms with E-state index in [1.54, 1.807) is 14.2 Å². The van der Waals surface area contributed by atoms with E-state index in [1.807, 2.05) is 6.92 Å². The summed E-state index contributed by atoms with van der Waals surface area (Å²) in [6.45, 7) is 8.62. The van der Waals surface area contributed by atoms with Crippen molar-refractivity contribution < 1.29 is 14.3 Å². The van der Waals surface area contributed by atoms with Gasteiger partial charge in [0.25, 0.3) is 0 Å². The summed E-state index contributed by atoms with van der Waals surface area (Å²) in [5.74, 6) is 1.47. The van der Waals surface area contributed by atoms with Crippen LogP contribution in [0, 0.1) is 5.92 Å². The lowest BCUT2D eigenvalue weighted by Gasteiger charge is -2.22. The molecule has 1 aliphatic rings. The Kier molecular flexibility index (Phi) is 14.2. The van der Waals surface area contributed by atoms with Gasteiger partial charge >= 0.3 is 0 Å². The average molecular weight is 470 g/mol. The minimum absolute atomic E-state index is 0. The molecule has 2 N–H and O–H groups in total. The number of likely N-dealkylation sites (tertiary alicyclic amines) is 1. The second-order valence-corrected chi connectivity index (χ2v) is 6.27. The lowest BCUT2D eigenvalue weighted by atomic mass is 10.1. The Bertz CT molecular complexity index is 396. The summed E-state index contributed by atoms with van der Waals surface area (Å²) in [4.78, 5) is 18.4. The summed E-state index contributed by atoms with van der Waals surface area (Å²) < 4.78 is 10.6. The van der Waals surface area contributed by atoms with Crippen molar-refractivity contribution in [3.8, 4) is 0 Å². The van der Waals surface area contributed by atoms with Gasteiger partial charge in [-0.1, -0.05) is 6.92 Å². The van der Waals surface area contributed by atoms with Crippen molar-refractivity contribution in [3.05, 3.63) is 0 Å². The van der Waals surface area contributed by atoms with Gasteiger partial charge in [0, 0.05) is 52.2 Å². The molecule has 0 aliphatic carbocycles. The molecule has 25 heavy (non-hydrogen) atoms. The first-order valence-electron chi connectivity index (χ1n) is 8.92. The normalized spacial score (nSPS) is 18.6. The van der Waals surface area contributed by atoms with Crippen molar-refractivity contribution >= 4 is 35.8 Å². The molecule has 1 amide bonds. The van der Waals surface area contributed by atoms with Gasteiger partial charge in [-0.15, -0.1) is 24.0 Å². The maximum absolute atomic E-state index is 11.8. The number of ether oxygens (including phenoxy) is 2. The van der Waals surface area contributed by atoms with Gasteiger partial charge in [0.1, 0.15) is 0 Å². The van der Waals surface area contributed by atoms with Crippen molar-refractivity contribution in [3.63, 3.8) is 0 Å². The van der Waals surface area contributed by atoms with E-state index >= 15 is 0 Å². The largest absolute Gasteiger partial charge is 0.382 e. The van der Waals surface area contributed by atoms with Gasteiger partial charge in [-0.2, -0.15) is 0 Å². The summed E-state index contributed by atoms with van der Waals surface area (Å²) in [5, 5.41) is 6.26. The topological polar surface area (TPSA) is 75.2 Å². The van der Waals surface area contributed by atoms with E-state index in [1.165, 1.54) is 0 Å². The molecule has 1 rings (SSSR count). The molecule has 0 saturated carbocycles. The van der Waals surface area contributed by atoms with Crippen LogP contribution in [0.15, 0.2) is 4.99 Å². The van der Waals surface area contributed by atoms with Crippen molar-refractivity contribution in [2.75, 3.05) is 53.6 Å². The highest BCUT2D eigenvalue weighted by atomic mass is 127. The van der Waals surface area contributed by atoms with E-state index in [2.05, 4.69) is 27.4 Å². The first-order chi connectivity index (χ1) is 11.6. The predicted molar refractivity (Wildman–Crippen MR) is 112 cm³/mol. The summed E-state index contributed by atoms with van der Waals surface area (Å²) in [5.41, 5.74) is 0. The van der Waals surface area contributed by atoms with Crippen LogP contribution in [0.25, 0.3) is 0 Å². The number of guanidine groups is 1. The molecule has 0 bridgehead atoms. The van der Waals surface area contributed by atoms with Gasteiger partial charge in [-0.3, -0.25) is 9.79 Å². The average Bonchev–Trinajstić information content (AvgIpc) is 3.04. The number of aliphatic imine (C=N–C) groups is 1. The van der Waals surface area contributed by atoms with Crippen LogP contribution in [0.5, 0.6) is 0 Å². The Balaban J connectivity index is 0.00000576. The Morgan fingerprint density at radius 1 is 1.40 bits per heavy atom. The summed E-state index contributed by atoms with van der Waals surface area (Å²) >= 11 is 0. The number of methoxy groups -OCH3 is 1. The van der Waals surface area contributed by atoms with Gasteiger partial charge < -0.3 is 25.0 Å². The van der Waals surface area contributed by atoms with Crippen LogP contribution in [0.1, 0.15) is 33.1 Å². The van der Waals surface area contributed by atoms with Crippen molar-refractivity contribution in [1.82, 2.24) is 15.5 Å². The number of amides is 1. The van der Waals surface area contributed by atoms with Gasteiger partial charge in [0.15, 0.2) is 5.96 Å². The van der Waals surface area contributed by atoms with Crippen LogP contribution in [0.3, 0.4) is 0 Å². The molecule has 0 aromatic carbocycles. The second-order valence-electron chi connectivity index (χ2n) is 6.27. The molecule has 1 heterocycles. The lowest BCUT2D eigenvalue weighted by molar-refractivity contribution is -0.121. The van der Waals surface area contributed by atoms with Crippen LogP contribution in [-0.2, 0) is 14.3 Å². The lowest BCUT2D eigenvalue weighted by Crippen LogP contribution is -2.42. The van der Waals surface area contributed by atoms with Crippen molar-refractivity contribution in [1.29, 1.82) is 0 Å². The van der Waals surface area contributed by atoms with E-state index in [-0.39, 0.29) is 35.9 Å². The van der Waals surface area contributed by atoms with Gasteiger partial charge in [0.05, 0.1) is 19.8 Å². The van der Waals surface area contributed by atoms with E-state index in [4.69, 9.17) is 9.47 Å². The number of carbonyl (C=O) groups is 1. The molecule has 148 valence electrons. The first kappa shape index (κ1) is 24.4. The highest BCUT2D eigenvalue weighted by molar-refractivity contribution is 14.0. The molecule has 0 spiro atoms. The molecule has 1 aliphatic heterocycles. The molecule has 2 unspecified atom stereocenters. The van der Waals surface area contributed by atoms with E-state index in [9.17, 15) is 4.79 Å². The molecule has 2 atom stereocenters. The quantitative estimate of drug-likeness (QED) is 0.219. The monoisotopic (exact) mass is 470 g/mol. The smallest absolute Gasteiger partial charge is 0.221 e. The van der Waals surface area contributed by atoms with Gasteiger partial charge in [0.2, 0.25) is 5.91 Å². The molecule has 1 fully saturated rings. The second kappa shape index (κ2) is 14.5. The summed E-state index contributed by atoms with van der Waals surface area (Å²) in [6, 6.07) is 0.231. The summed E-state index contributed by atoms with van der Waals surface area (Å²) in [7, 11) is 3.46. The minimum atomic E-state index is 0. The number of hydrogen-bond donors (Lipinski definition) is 2. The zero-order chi connectivity index (χ0) is 17.8. The molecular formula is C17H35IN4O3. The molecule has 8 heteroatoms. The molecule has 0 aromatic rings. The fraction of sp³-hybridized carbons (Fsp3) is 0.882. The summed E-state index contributed by atoms with van der Waals surface area (Å²) in [6.07, 6.45) is 2.51. The number of carbonyl (C=O) groups excluding carboxylic acids is 1. The highest BCUT2D eigenvalue weighted by Crippen LogP contribution is 2.16. The van der Waals surface area contributed by atoms with Crippen LogP contribution >= 0.6 is 24.0 Å². The van der Waals surface area contributed by atoms with E-state index in [0.717, 1.165) is 38.5 Å². The fourth-order valence-corrected chi connectivity index (χ4v) is 2.62. The minimum Gasteiger partial charge on any atom is -0.382 e. The SMILES string of the molecule is CCC(C)NC(=O)CCNC(=NC)N1CCC(COCCOC)C1.I.